The fourth-order valence-corrected chi connectivity index (χ4v) is 13.6. The number of rotatable bonds is 10. The third-order valence-electron chi connectivity index (χ3n) is 7.36. The quantitative estimate of drug-likeness (QED) is 0.170. The van der Waals surface area contributed by atoms with E-state index in [0.29, 0.717) is 20.1 Å². The third kappa shape index (κ3) is 7.83. The van der Waals surface area contributed by atoms with Crippen LogP contribution in [0, 0.1) is 0 Å². The van der Waals surface area contributed by atoms with Crippen molar-refractivity contribution in [1.29, 1.82) is 0 Å². The van der Waals surface area contributed by atoms with Gasteiger partial charge in [0.1, 0.15) is 0 Å². The second-order valence-corrected chi connectivity index (χ2v) is 19.8. The molecule has 45 heavy (non-hydrogen) atoms. The zero-order valence-corrected chi connectivity index (χ0v) is 32.1. The predicted molar refractivity (Wildman–Crippen MR) is 188 cm³/mol. The average Bonchev–Trinajstić information content (AvgIpc) is 3.32. The summed E-state index contributed by atoms with van der Waals surface area (Å²) in [5.74, 6) is -1.12. The smallest absolute Gasteiger partial charge is 0.229 e. The van der Waals surface area contributed by atoms with E-state index in [4.69, 9.17) is 0 Å². The molecule has 8 nitrogen and oxygen atoms in total. The molecule has 0 radical (unpaired) electrons. The van der Waals surface area contributed by atoms with Crippen LogP contribution in [-0.2, 0) is 43.0 Å². The highest BCUT2D eigenvalue weighted by atomic mass is 79.9. The zero-order chi connectivity index (χ0) is 32.6. The summed E-state index contributed by atoms with van der Waals surface area (Å²) in [6.45, 7) is -0.364. The number of hydrogen-bond acceptors (Lipinski definition) is 6. The summed E-state index contributed by atoms with van der Waals surface area (Å²) < 4.78 is 89.0. The lowest BCUT2D eigenvalue weighted by atomic mass is 10.1. The van der Waals surface area contributed by atoms with Gasteiger partial charge in [-0.1, -0.05) is 92.5 Å². The number of sulfone groups is 1. The van der Waals surface area contributed by atoms with Crippen molar-refractivity contribution < 1.29 is 25.3 Å². The van der Waals surface area contributed by atoms with Crippen LogP contribution < -0.4 is 0 Å². The van der Waals surface area contributed by atoms with Crippen LogP contribution in [0.4, 0.5) is 0 Å². The van der Waals surface area contributed by atoms with Crippen LogP contribution >= 0.6 is 63.7 Å². The Labute approximate surface area is 297 Å². The van der Waals surface area contributed by atoms with Crippen molar-refractivity contribution in [3.8, 4) is 0 Å². The molecule has 4 aromatic carbocycles. The van der Waals surface area contributed by atoms with Gasteiger partial charge in [-0.2, -0.15) is 8.61 Å². The molecular weight excluding hydrogens is 900 g/mol. The Hall–Kier alpha value is -1.43. The molecular formula is C30H26Br4N2O6S3. The number of halogens is 4. The zero-order valence-electron chi connectivity index (χ0n) is 23.3. The van der Waals surface area contributed by atoms with Crippen molar-refractivity contribution in [1.82, 2.24) is 8.61 Å². The Morgan fingerprint density at radius 3 is 1.29 bits per heavy atom. The topological polar surface area (TPSA) is 109 Å². The second-order valence-electron chi connectivity index (χ2n) is 10.4. The molecule has 4 aromatic rings. The van der Waals surface area contributed by atoms with Gasteiger partial charge in [-0.25, -0.2) is 25.3 Å². The standard InChI is InChI=1S/C30H26Br4N2O6S3/c31-23-11-13-25(33)29(15-23)44(39,40)35(17-21-7-3-1-4-8-21)27-19-43(37,38)20-28(27)36(18-22-9-5-2-6-10-22)45(41,42)30-16-24(32)12-14-26(30)34/h1-16,27-28H,17-20H2/t27-,28-/m1/s1. The van der Waals surface area contributed by atoms with E-state index < -0.39 is 53.5 Å². The summed E-state index contributed by atoms with van der Waals surface area (Å²) in [5, 5.41) is 0. The fraction of sp³-hybridized carbons (Fsp3) is 0.200. The Morgan fingerprint density at radius 1 is 0.578 bits per heavy atom. The maximum absolute atomic E-state index is 14.6. The maximum atomic E-state index is 14.6. The van der Waals surface area contributed by atoms with Gasteiger partial charge < -0.3 is 0 Å². The Kier molecular flexibility index (Phi) is 10.8. The van der Waals surface area contributed by atoms with Crippen LogP contribution in [0.25, 0.3) is 0 Å². The van der Waals surface area contributed by atoms with Crippen LogP contribution in [0.15, 0.2) is 125 Å². The Balaban J connectivity index is 1.72. The minimum atomic E-state index is -4.40. The van der Waals surface area contributed by atoms with Crippen LogP contribution in [0.2, 0.25) is 0 Å². The highest BCUT2D eigenvalue weighted by Gasteiger charge is 2.51. The van der Waals surface area contributed by atoms with Gasteiger partial charge in [-0.3, -0.25) is 0 Å². The molecule has 1 heterocycles. The first-order valence-electron chi connectivity index (χ1n) is 13.4. The van der Waals surface area contributed by atoms with Crippen LogP contribution in [0.1, 0.15) is 11.1 Å². The molecule has 0 aromatic heterocycles. The highest BCUT2D eigenvalue weighted by Crippen LogP contribution is 2.37. The molecule has 1 fully saturated rings. The van der Waals surface area contributed by atoms with Gasteiger partial charge in [-0.15, -0.1) is 0 Å². The van der Waals surface area contributed by atoms with E-state index in [9.17, 15) is 25.3 Å². The molecule has 0 aliphatic carbocycles. The van der Waals surface area contributed by atoms with Gasteiger partial charge in [0.05, 0.1) is 33.4 Å². The summed E-state index contributed by atoms with van der Waals surface area (Å²) in [4.78, 5) is -0.161. The van der Waals surface area contributed by atoms with Gasteiger partial charge in [0.2, 0.25) is 20.0 Å². The number of sulfonamides is 2. The molecule has 0 saturated carbocycles. The van der Waals surface area contributed by atoms with E-state index in [1.807, 2.05) is 0 Å². The summed E-state index contributed by atoms with van der Waals surface area (Å²) in [6.07, 6.45) is 0. The molecule has 15 heteroatoms. The summed E-state index contributed by atoms with van der Waals surface area (Å²) in [7, 11) is -12.7. The first-order valence-corrected chi connectivity index (χ1v) is 21.3. The number of nitrogens with zero attached hydrogens (tertiary/aromatic N) is 2. The Morgan fingerprint density at radius 2 is 0.933 bits per heavy atom. The third-order valence-corrected chi connectivity index (χ3v) is 15.8. The minimum Gasteiger partial charge on any atom is -0.229 e. The van der Waals surface area contributed by atoms with Crippen molar-refractivity contribution in [2.75, 3.05) is 11.5 Å². The summed E-state index contributed by atoms with van der Waals surface area (Å²) >= 11 is 13.4. The molecule has 0 unspecified atom stereocenters. The molecule has 0 bridgehead atoms. The van der Waals surface area contributed by atoms with Crippen LogP contribution in [0.3, 0.4) is 0 Å². The predicted octanol–water partition coefficient (Wildman–Crippen LogP) is 6.98. The molecule has 1 saturated heterocycles. The lowest BCUT2D eigenvalue weighted by Gasteiger charge is -2.37. The molecule has 0 N–H and O–H groups in total. The summed E-state index contributed by atoms with van der Waals surface area (Å²) in [6, 6.07) is 24.5. The van der Waals surface area contributed by atoms with Crippen molar-refractivity contribution in [3.63, 3.8) is 0 Å². The molecule has 2 atom stereocenters. The van der Waals surface area contributed by atoms with Gasteiger partial charge in [0.25, 0.3) is 0 Å². The number of hydrogen-bond donors (Lipinski definition) is 0. The van der Waals surface area contributed by atoms with E-state index in [-0.39, 0.29) is 31.8 Å². The molecule has 0 spiro atoms. The van der Waals surface area contributed by atoms with Gasteiger partial charge in [0.15, 0.2) is 9.84 Å². The molecule has 1 aliphatic heterocycles. The minimum absolute atomic E-state index is 0.0805. The van der Waals surface area contributed by atoms with Gasteiger partial charge in [-0.05, 0) is 79.4 Å². The van der Waals surface area contributed by atoms with Gasteiger partial charge >= 0.3 is 0 Å². The van der Waals surface area contributed by atoms with E-state index in [0.717, 1.165) is 8.61 Å². The molecule has 0 amide bonds. The van der Waals surface area contributed by atoms with E-state index in [1.54, 1.807) is 84.9 Å². The second kappa shape index (κ2) is 14.0. The van der Waals surface area contributed by atoms with Crippen molar-refractivity contribution >= 4 is 93.6 Å². The first-order chi connectivity index (χ1) is 21.2. The average molecular weight is 926 g/mol. The van der Waals surface area contributed by atoms with Gasteiger partial charge in [0, 0.05) is 31.0 Å². The largest absolute Gasteiger partial charge is 0.244 e. The summed E-state index contributed by atoms with van der Waals surface area (Å²) in [5.41, 5.74) is 1.23. The highest BCUT2D eigenvalue weighted by molar-refractivity contribution is 9.11. The van der Waals surface area contributed by atoms with E-state index in [2.05, 4.69) is 63.7 Å². The molecule has 5 rings (SSSR count). The number of benzene rings is 4. The lowest BCUT2D eigenvalue weighted by Crippen LogP contribution is -2.54. The Bertz CT molecular complexity index is 1890. The molecule has 238 valence electrons. The maximum Gasteiger partial charge on any atom is 0.244 e. The van der Waals surface area contributed by atoms with E-state index in [1.165, 1.54) is 12.1 Å². The van der Waals surface area contributed by atoms with Crippen molar-refractivity contribution in [3.05, 3.63) is 126 Å². The van der Waals surface area contributed by atoms with Crippen molar-refractivity contribution in [2.45, 2.75) is 35.0 Å². The monoisotopic (exact) mass is 922 g/mol. The normalized spacial score (nSPS) is 18.4. The van der Waals surface area contributed by atoms with Crippen LogP contribution in [0.5, 0.6) is 0 Å². The fourth-order valence-electron chi connectivity index (χ4n) is 5.25. The SMILES string of the molecule is O=S1(=O)C[C@@H](N(Cc2ccccc2)S(=O)(=O)c2cc(Br)ccc2Br)[C@H](N(Cc2ccccc2)S(=O)(=O)c2cc(Br)ccc2Br)C1. The lowest BCUT2D eigenvalue weighted by molar-refractivity contribution is 0.219. The van der Waals surface area contributed by atoms with Crippen molar-refractivity contribution in [2.24, 2.45) is 0 Å². The van der Waals surface area contributed by atoms with E-state index >= 15 is 0 Å². The van der Waals surface area contributed by atoms with Crippen LogP contribution in [-0.4, -0.2) is 57.5 Å². The first kappa shape index (κ1) is 34.9. The molecule has 1 aliphatic rings.